The molecule has 0 bridgehead atoms. The fourth-order valence-corrected chi connectivity index (χ4v) is 1.91. The lowest BCUT2D eigenvalue weighted by Gasteiger charge is -1.94. The van der Waals surface area contributed by atoms with Crippen LogP contribution in [-0.2, 0) is 0 Å². The monoisotopic (exact) mass is 246 g/mol. The van der Waals surface area contributed by atoms with E-state index in [0.29, 0.717) is 0 Å². The van der Waals surface area contributed by atoms with Crippen molar-refractivity contribution in [1.29, 1.82) is 0 Å². The van der Waals surface area contributed by atoms with Gasteiger partial charge in [0, 0.05) is 18.0 Å². The maximum absolute atomic E-state index is 4.41. The van der Waals surface area contributed by atoms with Crippen LogP contribution in [0.15, 0.2) is 73.2 Å². The van der Waals surface area contributed by atoms with E-state index in [1.54, 1.807) is 0 Å². The highest BCUT2D eigenvalue weighted by Gasteiger charge is 1.99. The molecule has 0 aliphatic heterocycles. The number of aromatic nitrogens is 2. The van der Waals surface area contributed by atoms with Gasteiger partial charge < -0.3 is 4.57 Å². The third-order valence-corrected chi connectivity index (χ3v) is 2.91. The van der Waals surface area contributed by atoms with Crippen LogP contribution >= 0.6 is 0 Å². The second-order valence-electron chi connectivity index (χ2n) is 4.30. The van der Waals surface area contributed by atoms with Crippen LogP contribution in [0, 0.1) is 0 Å². The molecule has 0 unspecified atom stereocenters. The molecule has 2 aromatic carbocycles. The van der Waals surface area contributed by atoms with Gasteiger partial charge in [-0.05, 0) is 11.6 Å². The summed E-state index contributed by atoms with van der Waals surface area (Å²) in [5.41, 5.74) is 3.30. The minimum atomic E-state index is 0.985. The van der Waals surface area contributed by atoms with E-state index in [4.69, 9.17) is 0 Å². The highest BCUT2D eigenvalue weighted by Crippen LogP contribution is 2.16. The Hall–Kier alpha value is -2.61. The maximum Gasteiger partial charge on any atom is 0.0994 e. The van der Waals surface area contributed by atoms with Gasteiger partial charge >= 0.3 is 0 Å². The molecule has 1 heterocycles. The first-order valence-corrected chi connectivity index (χ1v) is 6.24. The lowest BCUT2D eigenvalue weighted by Crippen LogP contribution is -1.79. The number of rotatable bonds is 3. The van der Waals surface area contributed by atoms with E-state index < -0.39 is 0 Å². The van der Waals surface area contributed by atoms with Crippen molar-refractivity contribution in [2.45, 2.75) is 0 Å². The Bertz CT molecular complexity index is 667. The summed E-state index contributed by atoms with van der Waals surface area (Å²) >= 11 is 0. The molecule has 0 fully saturated rings. The maximum atomic E-state index is 4.41. The average Bonchev–Trinajstić information content (AvgIpc) is 2.96. The van der Waals surface area contributed by atoms with E-state index in [-0.39, 0.29) is 0 Å². The second kappa shape index (κ2) is 5.36. The van der Waals surface area contributed by atoms with Gasteiger partial charge in [-0.25, -0.2) is 4.98 Å². The molecule has 0 radical (unpaired) electrons. The quantitative estimate of drug-likeness (QED) is 0.678. The van der Waals surface area contributed by atoms with Crippen molar-refractivity contribution in [3.63, 3.8) is 0 Å². The molecule has 0 N–H and O–H groups in total. The highest BCUT2D eigenvalue weighted by atomic mass is 15.0. The van der Waals surface area contributed by atoms with Gasteiger partial charge in [0.15, 0.2) is 0 Å². The zero-order chi connectivity index (χ0) is 12.9. The summed E-state index contributed by atoms with van der Waals surface area (Å²) in [7, 11) is 0. The molecular formula is C17H14N2. The molecule has 0 atom stereocenters. The fourth-order valence-electron chi connectivity index (χ4n) is 1.91. The first-order valence-electron chi connectivity index (χ1n) is 6.24. The number of hydrogen-bond donors (Lipinski definition) is 0. The van der Waals surface area contributed by atoms with E-state index in [2.05, 4.69) is 35.3 Å². The predicted octanol–water partition coefficient (Wildman–Crippen LogP) is 4.18. The van der Waals surface area contributed by atoms with Crippen LogP contribution in [0.3, 0.4) is 0 Å². The molecule has 2 heteroatoms. The van der Waals surface area contributed by atoms with E-state index >= 15 is 0 Å². The van der Waals surface area contributed by atoms with Crippen molar-refractivity contribution < 1.29 is 0 Å². The second-order valence-corrected chi connectivity index (χ2v) is 4.30. The van der Waals surface area contributed by atoms with Crippen molar-refractivity contribution in [1.82, 2.24) is 9.55 Å². The van der Waals surface area contributed by atoms with Crippen LogP contribution in [-0.4, -0.2) is 9.55 Å². The van der Waals surface area contributed by atoms with Gasteiger partial charge in [-0.15, -0.1) is 0 Å². The number of imidazole rings is 1. The molecule has 0 saturated carbocycles. The van der Waals surface area contributed by atoms with Gasteiger partial charge in [0.2, 0.25) is 0 Å². The van der Waals surface area contributed by atoms with Crippen molar-refractivity contribution in [2.24, 2.45) is 0 Å². The summed E-state index contributed by atoms with van der Waals surface area (Å²) in [6.07, 6.45) is 7.92. The van der Waals surface area contributed by atoms with Gasteiger partial charge in [-0.2, -0.15) is 0 Å². The predicted molar refractivity (Wildman–Crippen MR) is 79.3 cm³/mol. The molecule has 3 aromatic rings. The zero-order valence-electron chi connectivity index (χ0n) is 10.5. The smallest absolute Gasteiger partial charge is 0.0994 e. The molecule has 0 aliphatic rings. The molecule has 2 nitrogen and oxygen atoms in total. The van der Waals surface area contributed by atoms with Gasteiger partial charge in [0.05, 0.1) is 12.0 Å². The van der Waals surface area contributed by atoms with Crippen molar-refractivity contribution >= 4 is 12.3 Å². The van der Waals surface area contributed by atoms with Crippen LogP contribution in [0.25, 0.3) is 23.5 Å². The van der Waals surface area contributed by atoms with Crippen LogP contribution in [0.2, 0.25) is 0 Å². The molecule has 92 valence electrons. The minimum absolute atomic E-state index is 0.985. The largest absolute Gasteiger partial charge is 0.312 e. The summed E-state index contributed by atoms with van der Waals surface area (Å²) < 4.78 is 1.97. The normalized spacial score (nSPS) is 10.9. The third kappa shape index (κ3) is 2.80. The van der Waals surface area contributed by atoms with E-state index in [1.165, 1.54) is 5.56 Å². The molecule has 1 aromatic heterocycles. The van der Waals surface area contributed by atoms with Crippen LogP contribution in [0.1, 0.15) is 5.56 Å². The Labute approximate surface area is 112 Å². The highest BCUT2D eigenvalue weighted by molar-refractivity contribution is 5.63. The summed E-state index contributed by atoms with van der Waals surface area (Å²) in [6, 6.07) is 20.4. The standard InChI is InChI=1S/C17H14N2/c1-3-7-15(8-4-1)11-12-19-13-17(18-14-19)16-9-5-2-6-10-16/h1-14H/b12-11+. The summed E-state index contributed by atoms with van der Waals surface area (Å²) in [5, 5.41) is 0. The summed E-state index contributed by atoms with van der Waals surface area (Å²) in [4.78, 5) is 4.41. The Kier molecular flexibility index (Phi) is 3.24. The molecule has 19 heavy (non-hydrogen) atoms. The topological polar surface area (TPSA) is 17.8 Å². The average molecular weight is 246 g/mol. The number of hydrogen-bond acceptors (Lipinski definition) is 1. The Balaban J connectivity index is 1.81. The zero-order valence-corrected chi connectivity index (χ0v) is 10.5. The first kappa shape index (κ1) is 11.5. The number of nitrogens with zero attached hydrogens (tertiary/aromatic N) is 2. The molecule has 0 amide bonds. The third-order valence-electron chi connectivity index (χ3n) is 2.91. The van der Waals surface area contributed by atoms with Gasteiger partial charge in [-0.3, -0.25) is 0 Å². The van der Waals surface area contributed by atoms with E-state index in [0.717, 1.165) is 11.3 Å². The van der Waals surface area contributed by atoms with E-state index in [1.807, 2.05) is 59.7 Å². The lowest BCUT2D eigenvalue weighted by molar-refractivity contribution is 1.14. The Morgan fingerprint density at radius 2 is 1.53 bits per heavy atom. The SMILES string of the molecule is C(=C\n1cnc(-c2ccccc2)c1)/c1ccccc1. The Morgan fingerprint density at radius 3 is 2.26 bits per heavy atom. The molecule has 3 rings (SSSR count). The fraction of sp³-hybridized carbons (Fsp3) is 0. The van der Waals surface area contributed by atoms with Crippen LogP contribution in [0.5, 0.6) is 0 Å². The number of benzene rings is 2. The van der Waals surface area contributed by atoms with Crippen molar-refractivity contribution in [3.8, 4) is 11.3 Å². The molecule has 0 saturated heterocycles. The van der Waals surface area contributed by atoms with Crippen molar-refractivity contribution in [3.05, 3.63) is 78.8 Å². The van der Waals surface area contributed by atoms with E-state index in [9.17, 15) is 0 Å². The minimum Gasteiger partial charge on any atom is -0.312 e. The van der Waals surface area contributed by atoms with Crippen LogP contribution < -0.4 is 0 Å². The molecule has 0 aliphatic carbocycles. The molecular weight excluding hydrogens is 232 g/mol. The molecule has 0 spiro atoms. The van der Waals surface area contributed by atoms with Gasteiger partial charge in [0.25, 0.3) is 0 Å². The Morgan fingerprint density at radius 1 is 0.842 bits per heavy atom. The summed E-state index contributed by atoms with van der Waals surface area (Å²) in [6.45, 7) is 0. The summed E-state index contributed by atoms with van der Waals surface area (Å²) in [5.74, 6) is 0. The van der Waals surface area contributed by atoms with Gasteiger partial charge in [-0.1, -0.05) is 60.7 Å². The first-order chi connectivity index (χ1) is 9.42. The van der Waals surface area contributed by atoms with Crippen LogP contribution in [0.4, 0.5) is 0 Å². The van der Waals surface area contributed by atoms with Gasteiger partial charge in [0.1, 0.15) is 0 Å². The lowest BCUT2D eigenvalue weighted by atomic mass is 10.2. The van der Waals surface area contributed by atoms with Crippen molar-refractivity contribution in [2.75, 3.05) is 0 Å².